The molecule has 1 N–H and O–H groups in total. The normalized spacial score (nSPS) is 10.5. The van der Waals surface area contributed by atoms with Crippen LogP contribution in [0.1, 0.15) is 0 Å². The van der Waals surface area contributed by atoms with Crippen LogP contribution in [0, 0.1) is 0 Å². The highest BCUT2D eigenvalue weighted by atomic mass is 32.1. The van der Waals surface area contributed by atoms with E-state index >= 15 is 0 Å². The van der Waals surface area contributed by atoms with E-state index in [1.165, 1.54) is 0 Å². The highest BCUT2D eigenvalue weighted by Crippen LogP contribution is 2.36. The van der Waals surface area contributed by atoms with Gasteiger partial charge in [-0.05, 0) is 24.3 Å². The molecule has 0 radical (unpaired) electrons. The molecule has 0 saturated heterocycles. The molecule has 22 heavy (non-hydrogen) atoms. The van der Waals surface area contributed by atoms with E-state index in [4.69, 9.17) is 14.2 Å². The van der Waals surface area contributed by atoms with E-state index in [9.17, 15) is 0 Å². The highest BCUT2D eigenvalue weighted by molar-refractivity contribution is 7.22. The van der Waals surface area contributed by atoms with E-state index < -0.39 is 0 Å². The van der Waals surface area contributed by atoms with Crippen LogP contribution < -0.4 is 19.5 Å². The van der Waals surface area contributed by atoms with Gasteiger partial charge in [-0.3, -0.25) is 0 Å². The molecule has 0 spiro atoms. The van der Waals surface area contributed by atoms with E-state index in [1.807, 2.05) is 36.4 Å². The van der Waals surface area contributed by atoms with Crippen molar-refractivity contribution in [2.45, 2.75) is 0 Å². The molecule has 0 saturated carbocycles. The van der Waals surface area contributed by atoms with Gasteiger partial charge in [0, 0.05) is 17.8 Å². The van der Waals surface area contributed by atoms with Crippen molar-refractivity contribution < 1.29 is 14.2 Å². The predicted octanol–water partition coefficient (Wildman–Crippen LogP) is 4.07. The van der Waals surface area contributed by atoms with Crippen molar-refractivity contribution >= 4 is 32.4 Å². The molecule has 0 bridgehead atoms. The number of methoxy groups -OCH3 is 3. The van der Waals surface area contributed by atoms with Gasteiger partial charge in [0.05, 0.1) is 31.5 Å². The average molecular weight is 316 g/mol. The third-order valence-corrected chi connectivity index (χ3v) is 4.17. The summed E-state index contributed by atoms with van der Waals surface area (Å²) in [5, 5.41) is 4.11. The maximum Gasteiger partial charge on any atom is 0.188 e. The van der Waals surface area contributed by atoms with E-state index in [1.54, 1.807) is 32.7 Å². The highest BCUT2D eigenvalue weighted by Gasteiger charge is 2.10. The lowest BCUT2D eigenvalue weighted by Crippen LogP contribution is -1.90. The average Bonchev–Trinajstić information content (AvgIpc) is 2.95. The smallest absolute Gasteiger partial charge is 0.188 e. The number of aromatic nitrogens is 1. The van der Waals surface area contributed by atoms with Crippen LogP contribution in [0.5, 0.6) is 17.2 Å². The van der Waals surface area contributed by atoms with Crippen molar-refractivity contribution in [1.29, 1.82) is 0 Å². The van der Waals surface area contributed by atoms with E-state index in [0.29, 0.717) is 11.5 Å². The summed E-state index contributed by atoms with van der Waals surface area (Å²) in [4.78, 5) is 4.58. The summed E-state index contributed by atoms with van der Waals surface area (Å²) in [5.41, 5.74) is 1.83. The second-order valence-electron chi connectivity index (χ2n) is 4.55. The van der Waals surface area contributed by atoms with Gasteiger partial charge in [-0.1, -0.05) is 11.3 Å². The first-order valence-corrected chi connectivity index (χ1v) is 7.49. The Morgan fingerprint density at radius 3 is 2.23 bits per heavy atom. The van der Waals surface area contributed by atoms with Crippen LogP contribution in [0.2, 0.25) is 0 Å². The minimum Gasteiger partial charge on any atom is -0.497 e. The topological polar surface area (TPSA) is 52.6 Å². The lowest BCUT2D eigenvalue weighted by atomic mass is 10.3. The third-order valence-electron chi connectivity index (χ3n) is 3.24. The molecule has 0 aliphatic heterocycles. The van der Waals surface area contributed by atoms with Gasteiger partial charge in [-0.2, -0.15) is 0 Å². The number of rotatable bonds is 5. The molecule has 6 heteroatoms. The lowest BCUT2D eigenvalue weighted by Gasteiger charge is -2.05. The van der Waals surface area contributed by atoms with E-state index in [0.717, 1.165) is 26.8 Å². The summed E-state index contributed by atoms with van der Waals surface area (Å²) in [5.74, 6) is 2.20. The van der Waals surface area contributed by atoms with Crippen molar-refractivity contribution in [1.82, 2.24) is 4.98 Å². The maximum atomic E-state index is 5.32. The molecule has 3 aromatic rings. The summed E-state index contributed by atoms with van der Waals surface area (Å²) < 4.78 is 16.8. The number of ether oxygens (including phenoxy) is 3. The minimum atomic E-state index is 0.677. The number of nitrogens with zero attached hydrogens (tertiary/aromatic N) is 1. The lowest BCUT2D eigenvalue weighted by molar-refractivity contribution is 0.356. The molecular weight excluding hydrogens is 300 g/mol. The summed E-state index contributed by atoms with van der Waals surface area (Å²) in [6.07, 6.45) is 0. The Bertz CT molecular complexity index is 743. The zero-order valence-corrected chi connectivity index (χ0v) is 13.4. The Labute approximate surface area is 132 Å². The standard InChI is InChI=1S/C16H16N2O3S/c1-19-11-6-4-10(5-7-11)17-16-18-12-8-13(20-2)14(21-3)9-15(12)22-16/h4-9H,1-3H3,(H,17,18). The van der Waals surface area contributed by atoms with E-state index in [-0.39, 0.29) is 0 Å². The van der Waals surface area contributed by atoms with Gasteiger partial charge in [0.25, 0.3) is 0 Å². The SMILES string of the molecule is COc1ccc(Nc2nc3cc(OC)c(OC)cc3s2)cc1. The van der Waals surface area contributed by atoms with Gasteiger partial charge < -0.3 is 19.5 Å². The molecule has 0 amide bonds. The zero-order valence-electron chi connectivity index (χ0n) is 12.5. The van der Waals surface area contributed by atoms with Gasteiger partial charge in [-0.15, -0.1) is 0 Å². The molecule has 1 aromatic heterocycles. The van der Waals surface area contributed by atoms with Gasteiger partial charge in [-0.25, -0.2) is 4.98 Å². The quantitative estimate of drug-likeness (QED) is 0.769. The monoisotopic (exact) mass is 316 g/mol. The van der Waals surface area contributed by atoms with Crippen LogP contribution in [0.3, 0.4) is 0 Å². The van der Waals surface area contributed by atoms with Crippen LogP contribution in [0.15, 0.2) is 36.4 Å². The van der Waals surface area contributed by atoms with Crippen molar-refractivity contribution in [3.8, 4) is 17.2 Å². The molecule has 0 unspecified atom stereocenters. The van der Waals surface area contributed by atoms with Crippen LogP contribution in [0.25, 0.3) is 10.2 Å². The number of benzene rings is 2. The largest absolute Gasteiger partial charge is 0.497 e. The van der Waals surface area contributed by atoms with Crippen molar-refractivity contribution in [3.63, 3.8) is 0 Å². The Kier molecular flexibility index (Phi) is 4.02. The van der Waals surface area contributed by atoms with Crippen molar-refractivity contribution in [2.24, 2.45) is 0 Å². The molecule has 0 fully saturated rings. The van der Waals surface area contributed by atoms with Crippen LogP contribution in [0.4, 0.5) is 10.8 Å². The number of nitrogens with one attached hydrogen (secondary N) is 1. The van der Waals surface area contributed by atoms with Crippen LogP contribution >= 0.6 is 11.3 Å². The summed E-state index contributed by atoms with van der Waals surface area (Å²) in [7, 11) is 4.89. The number of thiazole rings is 1. The van der Waals surface area contributed by atoms with Crippen molar-refractivity contribution in [3.05, 3.63) is 36.4 Å². The first-order valence-electron chi connectivity index (χ1n) is 6.67. The summed E-state index contributed by atoms with van der Waals surface area (Å²) in [6.45, 7) is 0. The fraction of sp³-hybridized carbons (Fsp3) is 0.188. The second-order valence-corrected chi connectivity index (χ2v) is 5.58. The Morgan fingerprint density at radius 2 is 1.59 bits per heavy atom. The number of hydrogen-bond donors (Lipinski definition) is 1. The first-order chi connectivity index (χ1) is 10.7. The third kappa shape index (κ3) is 2.78. The van der Waals surface area contributed by atoms with Gasteiger partial charge in [0.1, 0.15) is 5.75 Å². The maximum absolute atomic E-state index is 5.32. The van der Waals surface area contributed by atoms with Crippen LogP contribution in [-0.2, 0) is 0 Å². The molecule has 5 nitrogen and oxygen atoms in total. The molecule has 3 rings (SSSR count). The predicted molar refractivity (Wildman–Crippen MR) is 89.0 cm³/mol. The van der Waals surface area contributed by atoms with Gasteiger partial charge in [0.15, 0.2) is 16.6 Å². The molecule has 2 aromatic carbocycles. The molecule has 0 aliphatic carbocycles. The van der Waals surface area contributed by atoms with Gasteiger partial charge in [0.2, 0.25) is 0 Å². The van der Waals surface area contributed by atoms with Gasteiger partial charge >= 0.3 is 0 Å². The minimum absolute atomic E-state index is 0.677. The summed E-state index contributed by atoms with van der Waals surface area (Å²) >= 11 is 1.56. The summed E-state index contributed by atoms with van der Waals surface area (Å²) in [6, 6.07) is 11.5. The fourth-order valence-corrected chi connectivity index (χ4v) is 3.00. The molecule has 0 aliphatic rings. The molecule has 1 heterocycles. The number of fused-ring (bicyclic) bond motifs is 1. The number of anilines is 2. The Balaban J connectivity index is 1.90. The van der Waals surface area contributed by atoms with Crippen LogP contribution in [-0.4, -0.2) is 26.3 Å². The Morgan fingerprint density at radius 1 is 0.909 bits per heavy atom. The second kappa shape index (κ2) is 6.11. The van der Waals surface area contributed by atoms with E-state index in [2.05, 4.69) is 10.3 Å². The molecule has 114 valence electrons. The molecule has 0 atom stereocenters. The first kappa shape index (κ1) is 14.5. The Hall–Kier alpha value is -2.47. The van der Waals surface area contributed by atoms with Crippen molar-refractivity contribution in [2.75, 3.05) is 26.6 Å². The zero-order chi connectivity index (χ0) is 15.5. The number of hydrogen-bond acceptors (Lipinski definition) is 6. The molecular formula is C16H16N2O3S. The fourth-order valence-electron chi connectivity index (χ4n) is 2.11.